The summed E-state index contributed by atoms with van der Waals surface area (Å²) in [6, 6.07) is 8.49. The number of hydrogen-bond acceptors (Lipinski definition) is 6. The zero-order valence-corrected chi connectivity index (χ0v) is 15.8. The number of esters is 1. The number of rotatable bonds is 5. The van der Waals surface area contributed by atoms with Crippen molar-refractivity contribution >= 4 is 34.0 Å². The van der Waals surface area contributed by atoms with Gasteiger partial charge in [0.15, 0.2) is 15.2 Å². The number of methoxy groups -OCH3 is 1. The maximum absolute atomic E-state index is 11.6. The lowest BCUT2D eigenvalue weighted by molar-refractivity contribution is -0.0238. The SMILES string of the molecule is COC(=O)c1sc(NCC2CCCOC2c2ccc(C)cc2)nc1Cl. The molecule has 1 aliphatic rings. The molecule has 0 spiro atoms. The Hall–Kier alpha value is -1.63. The minimum atomic E-state index is -0.464. The summed E-state index contributed by atoms with van der Waals surface area (Å²) in [5, 5.41) is 4.10. The number of nitrogens with zero attached hydrogens (tertiary/aromatic N) is 1. The second-order valence-corrected chi connectivity index (χ2v) is 7.47. The van der Waals surface area contributed by atoms with E-state index < -0.39 is 5.97 Å². The standard InChI is InChI=1S/C18H21ClN2O3S/c1-11-5-7-12(8-6-11)14-13(4-3-9-24-14)10-20-18-21-16(19)15(25-18)17(22)23-2/h5-8,13-14H,3-4,9-10H2,1-2H3,(H,20,21). The third kappa shape index (κ3) is 4.32. The second kappa shape index (κ2) is 8.17. The third-order valence-electron chi connectivity index (χ3n) is 4.32. The number of carbonyl (C=O) groups is 1. The predicted octanol–water partition coefficient (Wildman–Crippen LogP) is 4.47. The molecule has 0 radical (unpaired) electrons. The van der Waals surface area contributed by atoms with Crippen molar-refractivity contribution in [2.24, 2.45) is 5.92 Å². The van der Waals surface area contributed by atoms with Crippen LogP contribution in [0.2, 0.25) is 5.15 Å². The molecule has 2 atom stereocenters. The van der Waals surface area contributed by atoms with E-state index >= 15 is 0 Å². The molecule has 0 amide bonds. The van der Waals surface area contributed by atoms with Gasteiger partial charge in [-0.2, -0.15) is 0 Å². The van der Waals surface area contributed by atoms with Crippen molar-refractivity contribution in [2.45, 2.75) is 25.9 Å². The van der Waals surface area contributed by atoms with E-state index in [4.69, 9.17) is 21.1 Å². The fourth-order valence-corrected chi connectivity index (χ4v) is 4.10. The summed E-state index contributed by atoms with van der Waals surface area (Å²) >= 11 is 7.22. The van der Waals surface area contributed by atoms with Gasteiger partial charge in [-0.05, 0) is 25.3 Å². The number of ether oxygens (including phenoxy) is 2. The first-order valence-electron chi connectivity index (χ1n) is 8.25. The van der Waals surface area contributed by atoms with Crippen LogP contribution in [0, 0.1) is 12.8 Å². The van der Waals surface area contributed by atoms with Crippen LogP contribution in [0.3, 0.4) is 0 Å². The number of hydrogen-bond donors (Lipinski definition) is 1. The van der Waals surface area contributed by atoms with Crippen molar-refractivity contribution in [2.75, 3.05) is 25.6 Å². The molecule has 7 heteroatoms. The van der Waals surface area contributed by atoms with Gasteiger partial charge in [-0.25, -0.2) is 9.78 Å². The Labute approximate surface area is 156 Å². The summed E-state index contributed by atoms with van der Waals surface area (Å²) in [7, 11) is 1.33. The predicted molar refractivity (Wildman–Crippen MR) is 99.5 cm³/mol. The van der Waals surface area contributed by atoms with Crippen molar-refractivity contribution in [1.29, 1.82) is 0 Å². The highest BCUT2D eigenvalue weighted by atomic mass is 35.5. The molecule has 1 saturated heterocycles. The zero-order valence-electron chi connectivity index (χ0n) is 14.3. The first-order valence-corrected chi connectivity index (χ1v) is 9.44. The minimum absolute atomic E-state index is 0.0670. The Balaban J connectivity index is 1.68. The molecule has 2 heterocycles. The summed E-state index contributed by atoms with van der Waals surface area (Å²) in [6.07, 6.45) is 2.19. The highest BCUT2D eigenvalue weighted by Crippen LogP contribution is 2.35. The first-order chi connectivity index (χ1) is 12.1. The van der Waals surface area contributed by atoms with Gasteiger partial charge in [-0.3, -0.25) is 0 Å². The van der Waals surface area contributed by atoms with Gasteiger partial charge < -0.3 is 14.8 Å². The van der Waals surface area contributed by atoms with E-state index in [0.29, 0.717) is 22.5 Å². The van der Waals surface area contributed by atoms with Gasteiger partial charge in [0, 0.05) is 19.1 Å². The zero-order chi connectivity index (χ0) is 17.8. The molecule has 0 bridgehead atoms. The minimum Gasteiger partial charge on any atom is -0.465 e. The Morgan fingerprint density at radius 3 is 2.92 bits per heavy atom. The van der Waals surface area contributed by atoms with Gasteiger partial charge in [-0.15, -0.1) is 0 Å². The number of nitrogens with one attached hydrogen (secondary N) is 1. The van der Waals surface area contributed by atoms with Crippen molar-refractivity contribution in [1.82, 2.24) is 4.98 Å². The molecule has 2 unspecified atom stereocenters. The Morgan fingerprint density at radius 2 is 2.20 bits per heavy atom. The maximum atomic E-state index is 11.6. The molecular formula is C18H21ClN2O3S. The van der Waals surface area contributed by atoms with E-state index in [-0.39, 0.29) is 11.3 Å². The molecule has 0 saturated carbocycles. The molecule has 1 aromatic heterocycles. The van der Waals surface area contributed by atoms with Gasteiger partial charge in [0.2, 0.25) is 0 Å². The van der Waals surface area contributed by atoms with Crippen molar-refractivity contribution in [3.8, 4) is 0 Å². The lowest BCUT2D eigenvalue weighted by Crippen LogP contribution is -2.28. The van der Waals surface area contributed by atoms with E-state index in [1.165, 1.54) is 29.6 Å². The second-order valence-electron chi connectivity index (χ2n) is 6.12. The van der Waals surface area contributed by atoms with Gasteiger partial charge in [0.25, 0.3) is 0 Å². The van der Waals surface area contributed by atoms with Crippen LogP contribution in [0.5, 0.6) is 0 Å². The topological polar surface area (TPSA) is 60.5 Å². The molecule has 134 valence electrons. The normalized spacial score (nSPS) is 20.3. The van der Waals surface area contributed by atoms with Gasteiger partial charge >= 0.3 is 5.97 Å². The lowest BCUT2D eigenvalue weighted by Gasteiger charge is -2.32. The lowest BCUT2D eigenvalue weighted by atomic mass is 9.89. The van der Waals surface area contributed by atoms with Crippen LogP contribution < -0.4 is 5.32 Å². The molecule has 3 rings (SSSR count). The van der Waals surface area contributed by atoms with E-state index in [1.54, 1.807) is 0 Å². The molecular weight excluding hydrogens is 360 g/mol. The number of aromatic nitrogens is 1. The molecule has 25 heavy (non-hydrogen) atoms. The number of aryl methyl sites for hydroxylation is 1. The summed E-state index contributed by atoms with van der Waals surface area (Å²) in [4.78, 5) is 16.2. The smallest absolute Gasteiger partial charge is 0.351 e. The van der Waals surface area contributed by atoms with Crippen LogP contribution in [0.25, 0.3) is 0 Å². The number of anilines is 1. The van der Waals surface area contributed by atoms with Crippen LogP contribution in [-0.2, 0) is 9.47 Å². The van der Waals surface area contributed by atoms with Crippen LogP contribution in [0.15, 0.2) is 24.3 Å². The van der Waals surface area contributed by atoms with E-state index in [0.717, 1.165) is 19.4 Å². The molecule has 1 N–H and O–H groups in total. The molecule has 1 fully saturated rings. The molecule has 5 nitrogen and oxygen atoms in total. The quantitative estimate of drug-likeness (QED) is 0.775. The van der Waals surface area contributed by atoms with Gasteiger partial charge in [0.1, 0.15) is 0 Å². The molecule has 0 aliphatic carbocycles. The van der Waals surface area contributed by atoms with Crippen molar-refractivity contribution < 1.29 is 14.3 Å². The third-order valence-corrected chi connectivity index (χ3v) is 5.70. The Morgan fingerprint density at radius 1 is 1.44 bits per heavy atom. The first kappa shape index (κ1) is 18.2. The van der Waals surface area contributed by atoms with E-state index in [1.807, 2.05) is 0 Å². The average molecular weight is 381 g/mol. The number of thiazole rings is 1. The number of benzene rings is 1. The maximum Gasteiger partial charge on any atom is 0.351 e. The summed E-state index contributed by atoms with van der Waals surface area (Å²) in [6.45, 7) is 3.57. The van der Waals surface area contributed by atoms with Crippen LogP contribution in [0.1, 0.15) is 39.7 Å². The summed E-state index contributed by atoms with van der Waals surface area (Å²) in [5.74, 6) is -0.130. The number of carbonyl (C=O) groups excluding carboxylic acids is 1. The highest BCUT2D eigenvalue weighted by Gasteiger charge is 2.28. The van der Waals surface area contributed by atoms with E-state index in [2.05, 4.69) is 41.5 Å². The average Bonchev–Trinajstić information content (AvgIpc) is 3.01. The number of halogens is 1. The fourth-order valence-electron chi connectivity index (χ4n) is 2.99. The monoisotopic (exact) mass is 380 g/mol. The fraction of sp³-hybridized carbons (Fsp3) is 0.444. The Bertz CT molecular complexity index is 732. The van der Waals surface area contributed by atoms with Crippen LogP contribution in [-0.4, -0.2) is 31.2 Å². The largest absolute Gasteiger partial charge is 0.465 e. The summed E-state index contributed by atoms with van der Waals surface area (Å²) < 4.78 is 10.7. The molecule has 1 aromatic carbocycles. The molecule has 1 aliphatic heterocycles. The Kier molecular flexibility index (Phi) is 5.93. The van der Waals surface area contributed by atoms with Crippen LogP contribution in [0.4, 0.5) is 5.13 Å². The summed E-state index contributed by atoms with van der Waals surface area (Å²) in [5.41, 5.74) is 2.44. The highest BCUT2D eigenvalue weighted by molar-refractivity contribution is 7.18. The molecule has 2 aromatic rings. The van der Waals surface area contributed by atoms with Crippen molar-refractivity contribution in [3.05, 3.63) is 45.4 Å². The van der Waals surface area contributed by atoms with Gasteiger partial charge in [0.05, 0.1) is 13.2 Å². The van der Waals surface area contributed by atoms with Gasteiger partial charge in [-0.1, -0.05) is 52.8 Å². The van der Waals surface area contributed by atoms with Crippen LogP contribution >= 0.6 is 22.9 Å². The van der Waals surface area contributed by atoms with E-state index in [9.17, 15) is 4.79 Å². The van der Waals surface area contributed by atoms with Crippen molar-refractivity contribution in [3.63, 3.8) is 0 Å².